The van der Waals surface area contributed by atoms with Crippen LogP contribution >= 0.6 is 24.0 Å². The molecule has 1 unspecified atom stereocenters. The third-order valence-corrected chi connectivity index (χ3v) is 3.89. The van der Waals surface area contributed by atoms with Crippen molar-refractivity contribution in [2.75, 3.05) is 6.54 Å². The van der Waals surface area contributed by atoms with Gasteiger partial charge in [-0.15, -0.1) is 12.4 Å². The Morgan fingerprint density at radius 2 is 1.87 bits per heavy atom. The molecule has 124 valence electrons. The molecule has 3 nitrogen and oxygen atoms in total. The molecule has 5 heteroatoms. The number of nitrogens with zero attached hydrogens (tertiary/aromatic N) is 1. The average Bonchev–Trinajstić information content (AvgIpc) is 2.52. The van der Waals surface area contributed by atoms with Crippen molar-refractivity contribution < 1.29 is 4.79 Å². The Bertz CT molecular complexity index is 644. The Morgan fingerprint density at radius 3 is 2.43 bits per heavy atom. The lowest BCUT2D eigenvalue weighted by Crippen LogP contribution is -2.38. The van der Waals surface area contributed by atoms with E-state index >= 15 is 0 Å². The Hall–Kier alpha value is -1.55. The zero-order valence-electron chi connectivity index (χ0n) is 13.3. The molecule has 2 N–H and O–H groups in total. The number of amides is 1. The molecule has 0 saturated heterocycles. The summed E-state index contributed by atoms with van der Waals surface area (Å²) >= 11 is 6.00. The van der Waals surface area contributed by atoms with E-state index in [9.17, 15) is 4.79 Å². The zero-order chi connectivity index (χ0) is 16.1. The molecule has 0 heterocycles. The molecule has 0 aliphatic heterocycles. The number of carbonyl (C=O) groups excluding carboxylic acids is 1. The monoisotopic (exact) mass is 352 g/mol. The maximum absolute atomic E-state index is 12.6. The number of aryl methyl sites for hydroxylation is 1. The van der Waals surface area contributed by atoms with Gasteiger partial charge in [-0.25, -0.2) is 0 Å². The van der Waals surface area contributed by atoms with Crippen molar-refractivity contribution in [3.63, 3.8) is 0 Å². The molecule has 1 atom stereocenters. The molecule has 0 aliphatic rings. The van der Waals surface area contributed by atoms with E-state index < -0.39 is 6.04 Å². The quantitative estimate of drug-likeness (QED) is 0.879. The number of hydrogen-bond acceptors (Lipinski definition) is 2. The molecule has 2 aromatic rings. The molecular formula is C18H22Cl2N2O. The van der Waals surface area contributed by atoms with E-state index in [4.69, 9.17) is 17.3 Å². The first-order chi connectivity index (χ1) is 10.5. The highest BCUT2D eigenvalue weighted by Crippen LogP contribution is 2.17. The Morgan fingerprint density at radius 1 is 1.22 bits per heavy atom. The van der Waals surface area contributed by atoms with Gasteiger partial charge in [0.15, 0.2) is 0 Å². The Kier molecular flexibility index (Phi) is 7.56. The molecular weight excluding hydrogens is 331 g/mol. The van der Waals surface area contributed by atoms with Gasteiger partial charge in [-0.05, 0) is 37.1 Å². The van der Waals surface area contributed by atoms with Crippen molar-refractivity contribution in [1.82, 2.24) is 4.90 Å². The van der Waals surface area contributed by atoms with Crippen LogP contribution in [0.25, 0.3) is 0 Å². The fraction of sp³-hybridized carbons (Fsp3) is 0.278. The first-order valence-corrected chi connectivity index (χ1v) is 7.74. The van der Waals surface area contributed by atoms with E-state index in [1.165, 1.54) is 0 Å². The summed E-state index contributed by atoms with van der Waals surface area (Å²) in [7, 11) is 0. The zero-order valence-corrected chi connectivity index (χ0v) is 14.9. The molecule has 0 aromatic heterocycles. The summed E-state index contributed by atoms with van der Waals surface area (Å²) in [6.07, 6.45) is 0. The Labute approximate surface area is 148 Å². The SMILES string of the molecule is CCN(Cc1cccc(Cl)c1)C(=O)C(N)c1ccc(C)cc1.Cl. The highest BCUT2D eigenvalue weighted by atomic mass is 35.5. The molecule has 0 saturated carbocycles. The third kappa shape index (κ3) is 5.24. The van der Waals surface area contributed by atoms with Crippen LogP contribution in [-0.2, 0) is 11.3 Å². The second-order valence-corrected chi connectivity index (χ2v) is 5.81. The van der Waals surface area contributed by atoms with Gasteiger partial charge in [0, 0.05) is 18.1 Å². The standard InChI is InChI=1S/C18H21ClN2O.ClH/c1-3-21(12-14-5-4-6-16(19)11-14)18(22)17(20)15-9-7-13(2)8-10-15;/h4-11,17H,3,12,20H2,1-2H3;1H. The largest absolute Gasteiger partial charge is 0.337 e. The van der Waals surface area contributed by atoms with Crippen LogP contribution in [0, 0.1) is 6.92 Å². The summed E-state index contributed by atoms with van der Waals surface area (Å²) < 4.78 is 0. The van der Waals surface area contributed by atoms with Crippen LogP contribution in [0.15, 0.2) is 48.5 Å². The molecule has 0 radical (unpaired) electrons. The predicted molar refractivity (Wildman–Crippen MR) is 97.9 cm³/mol. The fourth-order valence-electron chi connectivity index (χ4n) is 2.31. The number of nitrogens with two attached hydrogens (primary N) is 1. The number of halogens is 2. The van der Waals surface area contributed by atoms with E-state index in [0.29, 0.717) is 18.1 Å². The molecule has 0 fully saturated rings. The van der Waals surface area contributed by atoms with Crippen LogP contribution < -0.4 is 5.73 Å². The van der Waals surface area contributed by atoms with Crippen LogP contribution in [0.5, 0.6) is 0 Å². The van der Waals surface area contributed by atoms with Crippen molar-refractivity contribution in [2.45, 2.75) is 26.4 Å². The van der Waals surface area contributed by atoms with Gasteiger partial charge in [0.2, 0.25) is 5.91 Å². The number of carbonyl (C=O) groups is 1. The number of hydrogen-bond donors (Lipinski definition) is 1. The molecule has 2 aromatic carbocycles. The van der Waals surface area contributed by atoms with E-state index in [2.05, 4.69) is 0 Å². The van der Waals surface area contributed by atoms with Crippen LogP contribution in [0.4, 0.5) is 0 Å². The van der Waals surface area contributed by atoms with Gasteiger partial charge in [-0.3, -0.25) is 4.79 Å². The number of benzene rings is 2. The summed E-state index contributed by atoms with van der Waals surface area (Å²) in [5.74, 6) is -0.0775. The Balaban J connectivity index is 0.00000264. The second kappa shape index (κ2) is 8.92. The van der Waals surface area contributed by atoms with Crippen LogP contribution in [0.2, 0.25) is 5.02 Å². The summed E-state index contributed by atoms with van der Waals surface area (Å²) in [4.78, 5) is 14.4. The normalized spacial score (nSPS) is 11.5. The third-order valence-electron chi connectivity index (χ3n) is 3.66. The van der Waals surface area contributed by atoms with Crippen molar-refractivity contribution >= 4 is 29.9 Å². The van der Waals surface area contributed by atoms with Gasteiger partial charge in [0.25, 0.3) is 0 Å². The minimum atomic E-state index is -0.639. The lowest BCUT2D eigenvalue weighted by Gasteiger charge is -2.25. The average molecular weight is 353 g/mol. The fourth-order valence-corrected chi connectivity index (χ4v) is 2.53. The molecule has 23 heavy (non-hydrogen) atoms. The molecule has 0 spiro atoms. The maximum atomic E-state index is 12.6. The van der Waals surface area contributed by atoms with E-state index in [1.54, 1.807) is 4.90 Å². The highest BCUT2D eigenvalue weighted by Gasteiger charge is 2.21. The molecule has 1 amide bonds. The lowest BCUT2D eigenvalue weighted by molar-refractivity contribution is -0.133. The topological polar surface area (TPSA) is 46.3 Å². The van der Waals surface area contributed by atoms with E-state index in [1.807, 2.05) is 62.4 Å². The lowest BCUT2D eigenvalue weighted by atomic mass is 10.0. The predicted octanol–water partition coefficient (Wildman–Crippen LogP) is 4.12. The van der Waals surface area contributed by atoms with Crippen LogP contribution in [0.1, 0.15) is 29.7 Å². The van der Waals surface area contributed by atoms with Gasteiger partial charge in [-0.2, -0.15) is 0 Å². The van der Waals surface area contributed by atoms with Crippen molar-refractivity contribution in [3.05, 3.63) is 70.2 Å². The second-order valence-electron chi connectivity index (χ2n) is 5.37. The van der Waals surface area contributed by atoms with Gasteiger partial charge in [0.1, 0.15) is 6.04 Å². The van der Waals surface area contributed by atoms with Crippen LogP contribution in [0.3, 0.4) is 0 Å². The van der Waals surface area contributed by atoms with Crippen molar-refractivity contribution in [1.29, 1.82) is 0 Å². The minimum Gasteiger partial charge on any atom is -0.337 e. The van der Waals surface area contributed by atoms with Gasteiger partial charge >= 0.3 is 0 Å². The number of rotatable bonds is 5. The summed E-state index contributed by atoms with van der Waals surface area (Å²) in [6, 6.07) is 14.6. The molecule has 0 aliphatic carbocycles. The molecule has 2 rings (SSSR count). The van der Waals surface area contributed by atoms with Gasteiger partial charge in [-0.1, -0.05) is 53.6 Å². The molecule has 0 bridgehead atoms. The number of likely N-dealkylation sites (N-methyl/N-ethyl adjacent to an activating group) is 1. The minimum absolute atomic E-state index is 0. The summed E-state index contributed by atoms with van der Waals surface area (Å²) in [5, 5.41) is 0.670. The van der Waals surface area contributed by atoms with E-state index in [-0.39, 0.29) is 18.3 Å². The summed E-state index contributed by atoms with van der Waals surface area (Å²) in [6.45, 7) is 5.07. The smallest absolute Gasteiger partial charge is 0.244 e. The first kappa shape index (κ1) is 19.5. The van der Waals surface area contributed by atoms with Crippen molar-refractivity contribution in [3.8, 4) is 0 Å². The van der Waals surface area contributed by atoms with Gasteiger partial charge in [0.05, 0.1) is 0 Å². The van der Waals surface area contributed by atoms with Gasteiger partial charge < -0.3 is 10.6 Å². The van der Waals surface area contributed by atoms with E-state index in [0.717, 1.165) is 16.7 Å². The van der Waals surface area contributed by atoms with Crippen molar-refractivity contribution in [2.24, 2.45) is 5.73 Å². The maximum Gasteiger partial charge on any atom is 0.244 e. The van der Waals surface area contributed by atoms with Crippen LogP contribution in [-0.4, -0.2) is 17.4 Å². The first-order valence-electron chi connectivity index (χ1n) is 7.36. The summed E-state index contributed by atoms with van der Waals surface area (Å²) in [5.41, 5.74) is 9.11. The highest BCUT2D eigenvalue weighted by molar-refractivity contribution is 6.30.